The third-order valence-electron chi connectivity index (χ3n) is 2.94. The van der Waals surface area contributed by atoms with Crippen molar-refractivity contribution in [1.82, 2.24) is 4.72 Å². The molecular weight excluding hydrogens is 375 g/mol. The number of hydrogen-bond acceptors (Lipinski definition) is 5. The Bertz CT molecular complexity index is 918. The van der Waals surface area contributed by atoms with Crippen LogP contribution in [0.2, 0.25) is 5.02 Å². The number of nitro groups is 1. The quantitative estimate of drug-likeness (QED) is 0.598. The van der Waals surface area contributed by atoms with Crippen LogP contribution >= 0.6 is 11.6 Å². The van der Waals surface area contributed by atoms with Crippen LogP contribution in [0, 0.1) is 15.9 Å². The summed E-state index contributed by atoms with van der Waals surface area (Å²) in [5.74, 6) is -0.808. The third kappa shape index (κ3) is 4.65. The van der Waals surface area contributed by atoms with Crippen molar-refractivity contribution < 1.29 is 22.5 Å². The van der Waals surface area contributed by atoms with Gasteiger partial charge in [-0.3, -0.25) is 10.1 Å². The molecule has 0 aliphatic carbocycles. The number of halogens is 2. The number of nitro benzene ring substituents is 1. The molecule has 2 rings (SSSR count). The molecule has 0 bridgehead atoms. The summed E-state index contributed by atoms with van der Waals surface area (Å²) >= 11 is 5.83. The van der Waals surface area contributed by atoms with E-state index in [-0.39, 0.29) is 27.5 Å². The summed E-state index contributed by atoms with van der Waals surface area (Å²) in [5, 5.41) is 11.2. The second-order valence-corrected chi connectivity index (χ2v) is 7.46. The van der Waals surface area contributed by atoms with Crippen molar-refractivity contribution in [2.24, 2.45) is 0 Å². The molecule has 0 saturated carbocycles. The summed E-state index contributed by atoms with van der Waals surface area (Å²) < 4.78 is 45.0. The maximum absolute atomic E-state index is 13.1. The van der Waals surface area contributed by atoms with Crippen molar-refractivity contribution in [2.45, 2.75) is 24.8 Å². The van der Waals surface area contributed by atoms with Crippen LogP contribution in [0.3, 0.4) is 0 Å². The van der Waals surface area contributed by atoms with E-state index in [9.17, 15) is 22.9 Å². The zero-order chi connectivity index (χ0) is 18.8. The predicted octanol–water partition coefficient (Wildman–Crippen LogP) is 3.87. The Hall–Kier alpha value is -2.23. The topological polar surface area (TPSA) is 98.5 Å². The molecule has 134 valence electrons. The van der Waals surface area contributed by atoms with E-state index >= 15 is 0 Å². The van der Waals surface area contributed by atoms with E-state index in [4.69, 9.17) is 16.3 Å². The molecule has 2 aromatic carbocycles. The summed E-state index contributed by atoms with van der Waals surface area (Å²) in [6.45, 7) is 3.25. The zero-order valence-corrected chi connectivity index (χ0v) is 14.8. The molecular formula is C15H14ClFN2O5S. The standard InChI is InChI=1S/C15H14ClFN2O5S/c1-9(2)18-25(22,23)11-4-6-15(13(8-11)19(20)21)24-14-5-3-10(17)7-12(14)16/h3-9,18H,1-2H3. The number of nitrogens with zero attached hydrogens (tertiary/aromatic N) is 1. The van der Waals surface area contributed by atoms with Gasteiger partial charge in [-0.05, 0) is 44.2 Å². The summed E-state index contributed by atoms with van der Waals surface area (Å²) in [6, 6.07) is 6.12. The monoisotopic (exact) mass is 388 g/mol. The normalized spacial score (nSPS) is 11.6. The van der Waals surface area contributed by atoms with Gasteiger partial charge in [-0.1, -0.05) is 11.6 Å². The van der Waals surface area contributed by atoms with Crippen molar-refractivity contribution in [3.63, 3.8) is 0 Å². The van der Waals surface area contributed by atoms with Gasteiger partial charge in [0.25, 0.3) is 0 Å². The van der Waals surface area contributed by atoms with Crippen LogP contribution in [0.4, 0.5) is 10.1 Å². The Kier molecular flexibility index (Phi) is 5.61. The number of nitrogens with one attached hydrogen (secondary N) is 1. The maximum atomic E-state index is 13.1. The number of rotatable bonds is 6. The zero-order valence-electron chi connectivity index (χ0n) is 13.2. The number of benzene rings is 2. The van der Waals surface area contributed by atoms with E-state index < -0.39 is 26.5 Å². The fraction of sp³-hybridized carbons (Fsp3) is 0.200. The first-order chi connectivity index (χ1) is 11.6. The van der Waals surface area contributed by atoms with Gasteiger partial charge in [-0.2, -0.15) is 0 Å². The van der Waals surface area contributed by atoms with Gasteiger partial charge in [0, 0.05) is 12.1 Å². The maximum Gasteiger partial charge on any atom is 0.312 e. The smallest absolute Gasteiger partial charge is 0.312 e. The molecule has 25 heavy (non-hydrogen) atoms. The Morgan fingerprint density at radius 3 is 2.40 bits per heavy atom. The molecule has 0 aromatic heterocycles. The van der Waals surface area contributed by atoms with Gasteiger partial charge >= 0.3 is 5.69 Å². The number of ether oxygens (including phenoxy) is 1. The molecule has 0 amide bonds. The molecule has 10 heteroatoms. The highest BCUT2D eigenvalue weighted by Gasteiger charge is 2.23. The van der Waals surface area contributed by atoms with Crippen molar-refractivity contribution in [2.75, 3.05) is 0 Å². The largest absolute Gasteiger partial charge is 0.449 e. The Morgan fingerprint density at radius 1 is 1.20 bits per heavy atom. The van der Waals surface area contributed by atoms with Gasteiger partial charge in [0.15, 0.2) is 0 Å². The van der Waals surface area contributed by atoms with E-state index in [1.165, 1.54) is 12.1 Å². The molecule has 0 saturated heterocycles. The molecule has 0 spiro atoms. The van der Waals surface area contributed by atoms with Crippen LogP contribution in [-0.4, -0.2) is 19.4 Å². The second-order valence-electron chi connectivity index (χ2n) is 5.34. The molecule has 7 nitrogen and oxygen atoms in total. The molecule has 1 N–H and O–H groups in total. The molecule has 0 atom stereocenters. The summed E-state index contributed by atoms with van der Waals surface area (Å²) in [6.07, 6.45) is 0. The molecule has 0 fully saturated rings. The first-order valence-electron chi connectivity index (χ1n) is 7.04. The average Bonchev–Trinajstić information content (AvgIpc) is 2.48. The highest BCUT2D eigenvalue weighted by Crippen LogP contribution is 2.36. The van der Waals surface area contributed by atoms with Crippen molar-refractivity contribution in [3.8, 4) is 11.5 Å². The first kappa shape index (κ1) is 19.1. The van der Waals surface area contributed by atoms with E-state index in [1.54, 1.807) is 13.8 Å². The summed E-state index contributed by atoms with van der Waals surface area (Å²) in [4.78, 5) is 10.2. The molecule has 0 aliphatic rings. The van der Waals surface area contributed by atoms with E-state index in [1.807, 2.05) is 0 Å². The third-order valence-corrected chi connectivity index (χ3v) is 4.89. The second kappa shape index (κ2) is 7.34. The summed E-state index contributed by atoms with van der Waals surface area (Å²) in [5.41, 5.74) is -0.563. The average molecular weight is 389 g/mol. The number of sulfonamides is 1. The Morgan fingerprint density at radius 2 is 1.84 bits per heavy atom. The lowest BCUT2D eigenvalue weighted by Crippen LogP contribution is -2.30. The lowest BCUT2D eigenvalue weighted by atomic mass is 10.3. The minimum Gasteiger partial charge on any atom is -0.449 e. The van der Waals surface area contributed by atoms with Gasteiger partial charge in [-0.25, -0.2) is 17.5 Å². The van der Waals surface area contributed by atoms with Crippen LogP contribution in [0.1, 0.15) is 13.8 Å². The minimum atomic E-state index is -3.90. The molecule has 0 unspecified atom stereocenters. The van der Waals surface area contributed by atoms with Crippen LogP contribution in [-0.2, 0) is 10.0 Å². The molecule has 0 heterocycles. The summed E-state index contributed by atoms with van der Waals surface area (Å²) in [7, 11) is -3.90. The van der Waals surface area contributed by atoms with E-state index in [0.29, 0.717) is 0 Å². The van der Waals surface area contributed by atoms with Crippen molar-refractivity contribution >= 4 is 27.3 Å². The van der Waals surface area contributed by atoms with Gasteiger partial charge in [0.2, 0.25) is 15.8 Å². The van der Waals surface area contributed by atoms with E-state index in [0.717, 1.165) is 24.3 Å². The highest BCUT2D eigenvalue weighted by atomic mass is 35.5. The SMILES string of the molecule is CC(C)NS(=O)(=O)c1ccc(Oc2ccc(F)cc2Cl)c([N+](=O)[O-])c1. The first-order valence-corrected chi connectivity index (χ1v) is 8.90. The molecule has 2 aromatic rings. The van der Waals surface area contributed by atoms with Gasteiger partial charge in [0.05, 0.1) is 14.8 Å². The van der Waals surface area contributed by atoms with Crippen molar-refractivity contribution in [3.05, 3.63) is 57.4 Å². The predicted molar refractivity (Wildman–Crippen MR) is 90.0 cm³/mol. The lowest BCUT2D eigenvalue weighted by Gasteiger charge is -2.11. The van der Waals surface area contributed by atoms with Gasteiger partial charge < -0.3 is 4.74 Å². The molecule has 0 radical (unpaired) electrons. The van der Waals surface area contributed by atoms with Gasteiger partial charge in [-0.15, -0.1) is 0 Å². The lowest BCUT2D eigenvalue weighted by molar-refractivity contribution is -0.385. The Labute approximate surface area is 148 Å². The van der Waals surface area contributed by atoms with Crippen LogP contribution < -0.4 is 9.46 Å². The van der Waals surface area contributed by atoms with Crippen LogP contribution in [0.15, 0.2) is 41.3 Å². The fourth-order valence-corrected chi connectivity index (χ4v) is 3.42. The van der Waals surface area contributed by atoms with Gasteiger partial charge in [0.1, 0.15) is 11.6 Å². The van der Waals surface area contributed by atoms with Crippen LogP contribution in [0.25, 0.3) is 0 Å². The van der Waals surface area contributed by atoms with Crippen LogP contribution in [0.5, 0.6) is 11.5 Å². The molecule has 0 aliphatic heterocycles. The van der Waals surface area contributed by atoms with Crippen molar-refractivity contribution in [1.29, 1.82) is 0 Å². The Balaban J connectivity index is 2.45. The van der Waals surface area contributed by atoms with E-state index in [2.05, 4.69) is 4.72 Å². The minimum absolute atomic E-state index is 0.00193. The number of hydrogen-bond donors (Lipinski definition) is 1. The highest BCUT2D eigenvalue weighted by molar-refractivity contribution is 7.89. The fourth-order valence-electron chi connectivity index (χ4n) is 1.95.